The molecule has 0 aromatic rings. The van der Waals surface area contributed by atoms with Crippen LogP contribution in [0.1, 0.15) is 20.8 Å². The first-order valence-electron chi connectivity index (χ1n) is 3.28. The van der Waals surface area contributed by atoms with Gasteiger partial charge in [0.25, 0.3) is 0 Å². The fraction of sp³-hybridized carbons (Fsp3) is 0.333. The van der Waals surface area contributed by atoms with Gasteiger partial charge in [-0.1, -0.05) is 46.4 Å². The molecule has 0 atom stereocenters. The standard InChI is InChI=1S/C9H13I/c1-4-5-8(2)6-9(3)7-10/h4-7H,1-3H3/b5-4+,8-6+,9-7+. The molecule has 0 saturated carbocycles. The van der Waals surface area contributed by atoms with Crippen molar-refractivity contribution >= 4 is 22.6 Å². The Labute approximate surface area is 76.9 Å². The van der Waals surface area contributed by atoms with E-state index in [1.54, 1.807) is 0 Å². The number of rotatable bonds is 2. The van der Waals surface area contributed by atoms with Crippen molar-refractivity contribution in [2.45, 2.75) is 20.8 Å². The molecule has 0 spiro atoms. The summed E-state index contributed by atoms with van der Waals surface area (Å²) >= 11 is 2.24. The fourth-order valence-corrected chi connectivity index (χ4v) is 0.881. The van der Waals surface area contributed by atoms with E-state index < -0.39 is 0 Å². The molecule has 0 aromatic carbocycles. The van der Waals surface area contributed by atoms with E-state index in [1.807, 2.05) is 13.0 Å². The summed E-state index contributed by atoms with van der Waals surface area (Å²) in [5.74, 6) is 0. The summed E-state index contributed by atoms with van der Waals surface area (Å²) in [7, 11) is 0. The second kappa shape index (κ2) is 5.71. The first-order valence-corrected chi connectivity index (χ1v) is 4.53. The van der Waals surface area contributed by atoms with Gasteiger partial charge in [-0.3, -0.25) is 0 Å². The van der Waals surface area contributed by atoms with E-state index in [2.05, 4.69) is 52.7 Å². The van der Waals surface area contributed by atoms with Gasteiger partial charge in [0.1, 0.15) is 0 Å². The third-order valence-corrected chi connectivity index (χ3v) is 2.04. The highest BCUT2D eigenvalue weighted by Gasteiger charge is 1.81. The third kappa shape index (κ3) is 4.79. The highest BCUT2D eigenvalue weighted by Crippen LogP contribution is 2.04. The Balaban J connectivity index is 4.16. The van der Waals surface area contributed by atoms with E-state index in [0.717, 1.165) is 0 Å². The lowest BCUT2D eigenvalue weighted by molar-refractivity contribution is 1.44. The predicted octanol–water partition coefficient (Wildman–Crippen LogP) is 3.85. The maximum atomic E-state index is 2.24. The van der Waals surface area contributed by atoms with Gasteiger partial charge in [0.05, 0.1) is 0 Å². The van der Waals surface area contributed by atoms with Crippen LogP contribution in [0.4, 0.5) is 0 Å². The largest absolute Gasteiger partial charge is 0.0874 e. The zero-order valence-corrected chi connectivity index (χ0v) is 8.84. The van der Waals surface area contributed by atoms with Gasteiger partial charge in [0.2, 0.25) is 0 Å². The monoisotopic (exact) mass is 248 g/mol. The number of allylic oxidation sites excluding steroid dienone is 5. The molecular formula is C9H13I. The van der Waals surface area contributed by atoms with Crippen LogP contribution >= 0.6 is 22.6 Å². The van der Waals surface area contributed by atoms with Crippen LogP contribution in [-0.4, -0.2) is 0 Å². The van der Waals surface area contributed by atoms with Crippen molar-refractivity contribution in [2.75, 3.05) is 0 Å². The average Bonchev–Trinajstić information content (AvgIpc) is 1.88. The summed E-state index contributed by atoms with van der Waals surface area (Å²) < 4.78 is 2.07. The quantitative estimate of drug-likeness (QED) is 0.514. The molecule has 0 unspecified atom stereocenters. The van der Waals surface area contributed by atoms with Crippen molar-refractivity contribution in [3.05, 3.63) is 33.5 Å². The Morgan fingerprint density at radius 1 is 1.20 bits per heavy atom. The molecule has 0 radical (unpaired) electrons. The minimum Gasteiger partial charge on any atom is -0.0874 e. The van der Waals surface area contributed by atoms with Crippen molar-refractivity contribution in [3.8, 4) is 0 Å². The first kappa shape index (κ1) is 9.95. The fourth-order valence-electron chi connectivity index (χ4n) is 0.702. The molecular weight excluding hydrogens is 235 g/mol. The minimum atomic E-state index is 1.30. The summed E-state index contributed by atoms with van der Waals surface area (Å²) in [6.07, 6.45) is 6.31. The van der Waals surface area contributed by atoms with Crippen molar-refractivity contribution in [1.29, 1.82) is 0 Å². The molecule has 0 aliphatic rings. The van der Waals surface area contributed by atoms with Gasteiger partial charge in [0, 0.05) is 0 Å². The molecule has 0 saturated heterocycles. The van der Waals surface area contributed by atoms with Gasteiger partial charge >= 0.3 is 0 Å². The molecule has 56 valence electrons. The van der Waals surface area contributed by atoms with E-state index in [0.29, 0.717) is 0 Å². The van der Waals surface area contributed by atoms with E-state index in [9.17, 15) is 0 Å². The molecule has 0 aliphatic heterocycles. The highest BCUT2D eigenvalue weighted by molar-refractivity contribution is 14.1. The van der Waals surface area contributed by atoms with Crippen LogP contribution in [0.15, 0.2) is 33.5 Å². The zero-order valence-electron chi connectivity index (χ0n) is 6.69. The summed E-state index contributed by atoms with van der Waals surface area (Å²) in [5, 5.41) is 0. The van der Waals surface area contributed by atoms with Crippen LogP contribution in [0, 0.1) is 0 Å². The molecule has 0 aliphatic carbocycles. The molecule has 10 heavy (non-hydrogen) atoms. The summed E-state index contributed by atoms with van der Waals surface area (Å²) in [6, 6.07) is 0. The second-order valence-corrected chi connectivity index (χ2v) is 2.86. The van der Waals surface area contributed by atoms with Crippen molar-refractivity contribution in [2.24, 2.45) is 0 Å². The summed E-state index contributed by atoms with van der Waals surface area (Å²) in [5.41, 5.74) is 2.60. The number of hydrogen-bond acceptors (Lipinski definition) is 0. The summed E-state index contributed by atoms with van der Waals surface area (Å²) in [6.45, 7) is 6.23. The molecule has 0 amide bonds. The Kier molecular flexibility index (Phi) is 5.69. The van der Waals surface area contributed by atoms with E-state index in [1.165, 1.54) is 11.1 Å². The van der Waals surface area contributed by atoms with Crippen LogP contribution in [0.2, 0.25) is 0 Å². The molecule has 0 heterocycles. The van der Waals surface area contributed by atoms with Crippen molar-refractivity contribution in [1.82, 2.24) is 0 Å². The highest BCUT2D eigenvalue weighted by atomic mass is 127. The third-order valence-electron chi connectivity index (χ3n) is 1.06. The SMILES string of the molecule is C/C=C/C(C)=C/C(C)=C/I. The van der Waals surface area contributed by atoms with Crippen LogP contribution < -0.4 is 0 Å². The van der Waals surface area contributed by atoms with Gasteiger partial charge in [-0.05, 0) is 30.4 Å². The predicted molar refractivity (Wildman–Crippen MR) is 56.3 cm³/mol. The van der Waals surface area contributed by atoms with Gasteiger partial charge < -0.3 is 0 Å². The van der Waals surface area contributed by atoms with Crippen LogP contribution in [0.5, 0.6) is 0 Å². The van der Waals surface area contributed by atoms with Crippen molar-refractivity contribution in [3.63, 3.8) is 0 Å². The van der Waals surface area contributed by atoms with Gasteiger partial charge in [0.15, 0.2) is 0 Å². The van der Waals surface area contributed by atoms with Crippen LogP contribution in [-0.2, 0) is 0 Å². The topological polar surface area (TPSA) is 0 Å². The van der Waals surface area contributed by atoms with Crippen LogP contribution in [0.25, 0.3) is 0 Å². The molecule has 0 bridgehead atoms. The molecule has 0 fully saturated rings. The lowest BCUT2D eigenvalue weighted by atomic mass is 10.2. The molecule has 0 aromatic heterocycles. The Morgan fingerprint density at radius 3 is 2.20 bits per heavy atom. The Morgan fingerprint density at radius 2 is 1.80 bits per heavy atom. The zero-order chi connectivity index (χ0) is 7.98. The van der Waals surface area contributed by atoms with E-state index >= 15 is 0 Å². The second-order valence-electron chi connectivity index (χ2n) is 2.24. The normalized spacial score (nSPS) is 14.8. The smallest absolute Gasteiger partial charge is 0.0204 e. The van der Waals surface area contributed by atoms with Crippen LogP contribution in [0.3, 0.4) is 0 Å². The van der Waals surface area contributed by atoms with Gasteiger partial charge in [-0.25, -0.2) is 0 Å². The molecule has 1 heteroatoms. The maximum absolute atomic E-state index is 2.24. The Bertz CT molecular complexity index is 173. The maximum Gasteiger partial charge on any atom is -0.0204 e. The van der Waals surface area contributed by atoms with Gasteiger partial charge in [-0.2, -0.15) is 0 Å². The molecule has 0 N–H and O–H groups in total. The molecule has 0 rings (SSSR count). The number of hydrogen-bond donors (Lipinski definition) is 0. The lowest BCUT2D eigenvalue weighted by Gasteiger charge is -1.90. The van der Waals surface area contributed by atoms with Crippen molar-refractivity contribution < 1.29 is 0 Å². The number of halogens is 1. The lowest BCUT2D eigenvalue weighted by Crippen LogP contribution is -1.69. The van der Waals surface area contributed by atoms with E-state index in [4.69, 9.17) is 0 Å². The summed E-state index contributed by atoms with van der Waals surface area (Å²) in [4.78, 5) is 0. The van der Waals surface area contributed by atoms with Gasteiger partial charge in [-0.15, -0.1) is 0 Å². The molecule has 0 nitrogen and oxygen atoms in total. The minimum absolute atomic E-state index is 1.30. The average molecular weight is 248 g/mol. The first-order chi connectivity index (χ1) is 4.70. The van der Waals surface area contributed by atoms with E-state index in [-0.39, 0.29) is 0 Å². The Hall–Kier alpha value is -0.0500.